The molecule has 3 heteroatoms. The zero-order valence-corrected chi connectivity index (χ0v) is 22.7. The van der Waals surface area contributed by atoms with Crippen molar-refractivity contribution in [2.24, 2.45) is 7.05 Å². The molecule has 0 radical (unpaired) electrons. The van der Waals surface area contributed by atoms with Crippen molar-refractivity contribution in [3.63, 3.8) is 0 Å². The predicted octanol–water partition coefficient (Wildman–Crippen LogP) is 7.46. The lowest BCUT2D eigenvalue weighted by Gasteiger charge is -2.44. The molecule has 4 aromatic rings. The van der Waals surface area contributed by atoms with Gasteiger partial charge in [-0.2, -0.15) is 4.90 Å². The number of allylic oxidation sites excluding steroid dienone is 4. The van der Waals surface area contributed by atoms with Crippen molar-refractivity contribution in [3.05, 3.63) is 159 Å². The monoisotopic (exact) mass is 579 g/mol. The molecule has 3 aromatic carbocycles. The number of rotatable bonds is 2. The third kappa shape index (κ3) is 3.26. The Balaban J connectivity index is 1.83. The highest BCUT2D eigenvalue weighted by Crippen LogP contribution is 2.56. The van der Waals surface area contributed by atoms with E-state index in [9.17, 15) is 0 Å². The van der Waals surface area contributed by atoms with Gasteiger partial charge in [0.1, 0.15) is 11.4 Å². The maximum Gasteiger partial charge on any atom is 0.291 e. The Morgan fingerprint density at radius 3 is 2.22 bits per heavy atom. The summed E-state index contributed by atoms with van der Waals surface area (Å²) in [5, 5.41) is 0. The van der Waals surface area contributed by atoms with Gasteiger partial charge in [-0.15, -0.1) is 0 Å². The van der Waals surface area contributed by atoms with Gasteiger partial charge in [0.2, 0.25) is 0 Å². The smallest absolute Gasteiger partial charge is 0.236 e. The van der Waals surface area contributed by atoms with E-state index in [1.54, 1.807) is 0 Å². The SMILES string of the molecule is C=C1/C2=C\C=C/Cc3ccc(I)c(C)c3N1c1c(ccc[n+]1C)C2(c1ccccc1)c1ccccc1. The van der Waals surface area contributed by atoms with Crippen LogP contribution in [0.15, 0.2) is 127 Å². The molecular formula is C33H28IN2+. The van der Waals surface area contributed by atoms with Gasteiger partial charge in [0.15, 0.2) is 0 Å². The summed E-state index contributed by atoms with van der Waals surface area (Å²) in [5.74, 6) is 1.15. The molecule has 3 heterocycles. The van der Waals surface area contributed by atoms with Crippen molar-refractivity contribution in [2.75, 3.05) is 4.90 Å². The summed E-state index contributed by atoms with van der Waals surface area (Å²) in [5.41, 5.74) is 9.26. The number of pyridine rings is 1. The number of benzene rings is 3. The Kier molecular flexibility index (Phi) is 5.68. The van der Waals surface area contributed by atoms with Crippen molar-refractivity contribution >= 4 is 34.1 Å². The molecule has 0 atom stereocenters. The molecule has 0 amide bonds. The van der Waals surface area contributed by atoms with Gasteiger partial charge in [0.25, 0.3) is 5.82 Å². The number of aromatic nitrogens is 1. The van der Waals surface area contributed by atoms with E-state index in [0.29, 0.717) is 0 Å². The van der Waals surface area contributed by atoms with Crippen LogP contribution in [0.3, 0.4) is 0 Å². The quantitative estimate of drug-likeness (QED) is 0.177. The van der Waals surface area contributed by atoms with E-state index in [0.717, 1.165) is 17.9 Å². The largest absolute Gasteiger partial charge is 0.291 e. The average Bonchev–Trinajstić information content (AvgIpc) is 2.95. The number of aryl methyl sites for hydroxylation is 1. The Morgan fingerprint density at radius 1 is 0.889 bits per heavy atom. The fraction of sp³-hybridized carbons (Fsp3) is 0.121. The van der Waals surface area contributed by atoms with Gasteiger partial charge in [-0.25, -0.2) is 4.57 Å². The van der Waals surface area contributed by atoms with E-state index in [2.05, 4.69) is 155 Å². The van der Waals surface area contributed by atoms with Crippen molar-refractivity contribution < 1.29 is 4.57 Å². The Bertz CT molecular complexity index is 1510. The molecule has 0 saturated carbocycles. The van der Waals surface area contributed by atoms with Crippen LogP contribution < -0.4 is 9.47 Å². The van der Waals surface area contributed by atoms with E-state index in [1.807, 2.05) is 0 Å². The molecule has 1 aromatic heterocycles. The number of fused-ring (bicyclic) bond motifs is 6. The topological polar surface area (TPSA) is 7.12 Å². The minimum absolute atomic E-state index is 0.505. The minimum atomic E-state index is -0.505. The first-order valence-corrected chi connectivity index (χ1v) is 13.4. The van der Waals surface area contributed by atoms with E-state index in [1.165, 1.54) is 42.6 Å². The Morgan fingerprint density at radius 2 is 1.56 bits per heavy atom. The maximum absolute atomic E-state index is 4.81. The van der Waals surface area contributed by atoms with Crippen molar-refractivity contribution in [1.82, 2.24) is 0 Å². The molecule has 0 saturated heterocycles. The second-order valence-electron chi connectivity index (χ2n) is 9.51. The van der Waals surface area contributed by atoms with Gasteiger partial charge in [-0.05, 0) is 65.3 Å². The Hall–Kier alpha value is -3.44. The van der Waals surface area contributed by atoms with Gasteiger partial charge >= 0.3 is 0 Å². The van der Waals surface area contributed by atoms with Gasteiger partial charge < -0.3 is 0 Å². The van der Waals surface area contributed by atoms with Crippen LogP contribution in [0.5, 0.6) is 0 Å². The highest BCUT2D eigenvalue weighted by molar-refractivity contribution is 14.1. The second kappa shape index (κ2) is 8.90. The van der Waals surface area contributed by atoms with Crippen molar-refractivity contribution in [1.29, 1.82) is 0 Å². The van der Waals surface area contributed by atoms with Crippen molar-refractivity contribution in [3.8, 4) is 0 Å². The number of nitrogens with zero attached hydrogens (tertiary/aromatic N) is 2. The lowest BCUT2D eigenvalue weighted by molar-refractivity contribution is -0.658. The van der Waals surface area contributed by atoms with Crippen LogP contribution in [-0.4, -0.2) is 0 Å². The standard InChI is InChI=1S/C33H28IN2/c1-23-30(34)21-20-25-13-10-11-18-28-24(2)36(31(23)25)32-29(19-12-22-35(32)3)33(28,26-14-6-4-7-15-26)27-16-8-5-9-17-27/h4-12,14-22H,2,13H2,1,3H3/q+1/b11-10-,28-18+. The number of hydrogen-bond acceptors (Lipinski definition) is 1. The normalized spacial score (nSPS) is 18.1. The van der Waals surface area contributed by atoms with Crippen molar-refractivity contribution in [2.45, 2.75) is 18.8 Å². The molecule has 2 aliphatic heterocycles. The van der Waals surface area contributed by atoms with E-state index >= 15 is 0 Å². The molecule has 2 nitrogen and oxygen atoms in total. The van der Waals surface area contributed by atoms with Crippen LogP contribution in [-0.2, 0) is 18.9 Å². The second-order valence-corrected chi connectivity index (χ2v) is 10.7. The van der Waals surface area contributed by atoms with E-state index in [4.69, 9.17) is 6.58 Å². The first-order valence-electron chi connectivity index (χ1n) is 12.3. The van der Waals surface area contributed by atoms with Crippen LogP contribution in [0.2, 0.25) is 0 Å². The zero-order valence-electron chi connectivity index (χ0n) is 20.6. The highest BCUT2D eigenvalue weighted by atomic mass is 127. The first-order chi connectivity index (χ1) is 17.5. The summed E-state index contributed by atoms with van der Waals surface area (Å²) in [6, 6.07) is 30.8. The average molecular weight is 580 g/mol. The van der Waals surface area contributed by atoms with Gasteiger partial charge in [0.05, 0.1) is 24.2 Å². The van der Waals surface area contributed by atoms with Gasteiger partial charge in [-0.1, -0.05) is 91.5 Å². The number of hydrogen-bond donors (Lipinski definition) is 0. The van der Waals surface area contributed by atoms with Gasteiger partial charge in [-0.3, -0.25) is 0 Å². The maximum atomic E-state index is 4.81. The lowest BCUT2D eigenvalue weighted by atomic mass is 9.62. The fourth-order valence-corrected chi connectivity index (χ4v) is 6.41. The van der Waals surface area contributed by atoms with Crippen LogP contribution in [0.1, 0.15) is 27.8 Å². The zero-order chi connectivity index (χ0) is 24.9. The Labute approximate surface area is 227 Å². The molecule has 2 aliphatic rings. The summed E-state index contributed by atoms with van der Waals surface area (Å²) >= 11 is 2.46. The van der Waals surface area contributed by atoms with Crippen LogP contribution in [0, 0.1) is 10.5 Å². The number of anilines is 2. The van der Waals surface area contributed by atoms with Gasteiger partial charge in [0, 0.05) is 20.3 Å². The molecule has 0 unspecified atom stereocenters. The summed E-state index contributed by atoms with van der Waals surface area (Å²) in [6.07, 6.45) is 9.80. The molecule has 36 heavy (non-hydrogen) atoms. The third-order valence-corrected chi connectivity index (χ3v) is 8.74. The van der Waals surface area contributed by atoms with Crippen LogP contribution >= 0.6 is 22.6 Å². The summed E-state index contributed by atoms with van der Waals surface area (Å²) in [6.45, 7) is 7.04. The molecule has 6 rings (SSSR count). The summed E-state index contributed by atoms with van der Waals surface area (Å²) < 4.78 is 3.52. The molecule has 2 bridgehead atoms. The molecule has 0 spiro atoms. The molecule has 176 valence electrons. The molecule has 0 fully saturated rings. The third-order valence-electron chi connectivity index (χ3n) is 7.57. The highest BCUT2D eigenvalue weighted by Gasteiger charge is 2.53. The fourth-order valence-electron chi connectivity index (χ4n) is 5.98. The van der Waals surface area contributed by atoms with E-state index in [-0.39, 0.29) is 0 Å². The van der Waals surface area contributed by atoms with Crippen LogP contribution in [0.25, 0.3) is 0 Å². The molecule has 0 aliphatic carbocycles. The van der Waals surface area contributed by atoms with Crippen LogP contribution in [0.4, 0.5) is 11.5 Å². The van der Waals surface area contributed by atoms with E-state index < -0.39 is 5.41 Å². The summed E-state index contributed by atoms with van der Waals surface area (Å²) in [4.78, 5) is 2.41. The minimum Gasteiger partial charge on any atom is -0.236 e. The molecular weight excluding hydrogens is 551 g/mol. The summed E-state index contributed by atoms with van der Waals surface area (Å²) in [7, 11) is 2.15. The number of halogens is 1. The predicted molar refractivity (Wildman–Crippen MR) is 156 cm³/mol. The molecule has 0 N–H and O–H groups in total. The lowest BCUT2D eigenvalue weighted by Crippen LogP contribution is -2.48. The first kappa shape index (κ1) is 23.0.